The SMILES string of the molecule is COC(=O)c1c(F)c(F)c(-c2ccc(C(F)(F)F)cc2)c(F)c1F. The molecule has 9 heteroatoms. The van der Waals surface area contributed by atoms with Gasteiger partial charge in [-0.3, -0.25) is 0 Å². The van der Waals surface area contributed by atoms with Crippen molar-refractivity contribution in [2.75, 3.05) is 7.11 Å². The molecule has 0 heterocycles. The van der Waals surface area contributed by atoms with Crippen LogP contribution in [0.5, 0.6) is 0 Å². The molecule has 24 heavy (non-hydrogen) atoms. The van der Waals surface area contributed by atoms with Crippen LogP contribution in [0, 0.1) is 23.3 Å². The first-order chi connectivity index (χ1) is 11.1. The first-order valence-corrected chi connectivity index (χ1v) is 6.21. The Hall–Kier alpha value is -2.58. The lowest BCUT2D eigenvalue weighted by atomic mass is 9.99. The number of hydrogen-bond donors (Lipinski definition) is 0. The average Bonchev–Trinajstić information content (AvgIpc) is 2.53. The van der Waals surface area contributed by atoms with E-state index in [1.807, 2.05) is 0 Å². The highest BCUT2D eigenvalue weighted by molar-refractivity contribution is 5.91. The molecule has 0 spiro atoms. The number of benzene rings is 2. The van der Waals surface area contributed by atoms with Gasteiger partial charge in [0.2, 0.25) is 0 Å². The summed E-state index contributed by atoms with van der Waals surface area (Å²) in [4.78, 5) is 11.2. The molecule has 0 aliphatic carbocycles. The number of halogens is 7. The molecule has 0 saturated heterocycles. The van der Waals surface area contributed by atoms with Crippen LogP contribution in [0.2, 0.25) is 0 Å². The Morgan fingerprint density at radius 3 is 1.71 bits per heavy atom. The van der Waals surface area contributed by atoms with Crippen molar-refractivity contribution >= 4 is 5.97 Å². The quantitative estimate of drug-likeness (QED) is 0.444. The highest BCUT2D eigenvalue weighted by atomic mass is 19.4. The van der Waals surface area contributed by atoms with E-state index in [0.29, 0.717) is 24.3 Å². The van der Waals surface area contributed by atoms with Crippen LogP contribution < -0.4 is 0 Å². The molecule has 2 aromatic carbocycles. The number of carbonyl (C=O) groups excluding carboxylic acids is 1. The Bertz CT molecular complexity index is 766. The molecule has 2 aromatic rings. The molecule has 0 aliphatic rings. The van der Waals surface area contributed by atoms with Gasteiger partial charge in [-0.1, -0.05) is 12.1 Å². The van der Waals surface area contributed by atoms with E-state index in [1.165, 1.54) is 0 Å². The van der Waals surface area contributed by atoms with E-state index in [0.717, 1.165) is 7.11 Å². The number of alkyl halides is 3. The predicted molar refractivity (Wildman–Crippen MR) is 68.1 cm³/mol. The summed E-state index contributed by atoms with van der Waals surface area (Å²) >= 11 is 0. The van der Waals surface area contributed by atoms with E-state index in [9.17, 15) is 35.5 Å². The van der Waals surface area contributed by atoms with Crippen molar-refractivity contribution in [3.05, 3.63) is 58.7 Å². The van der Waals surface area contributed by atoms with E-state index in [4.69, 9.17) is 0 Å². The monoisotopic (exact) mass is 352 g/mol. The number of rotatable bonds is 2. The maximum Gasteiger partial charge on any atom is 0.416 e. The van der Waals surface area contributed by atoms with Crippen molar-refractivity contribution in [2.45, 2.75) is 6.18 Å². The second-order valence-corrected chi connectivity index (χ2v) is 4.57. The molecule has 0 aromatic heterocycles. The highest BCUT2D eigenvalue weighted by Gasteiger charge is 2.32. The molecular formula is C15H7F7O2. The van der Waals surface area contributed by atoms with Crippen LogP contribution in [0.3, 0.4) is 0 Å². The van der Waals surface area contributed by atoms with Crippen LogP contribution in [-0.4, -0.2) is 13.1 Å². The maximum absolute atomic E-state index is 14.0. The summed E-state index contributed by atoms with van der Waals surface area (Å²) in [6, 6.07) is 2.30. The lowest BCUT2D eigenvalue weighted by Crippen LogP contribution is -2.13. The molecule has 0 saturated carbocycles. The topological polar surface area (TPSA) is 26.3 Å². The lowest BCUT2D eigenvalue weighted by Gasteiger charge is -2.12. The van der Waals surface area contributed by atoms with E-state index in [2.05, 4.69) is 4.74 Å². The molecule has 0 fully saturated rings. The number of carbonyl (C=O) groups is 1. The van der Waals surface area contributed by atoms with E-state index >= 15 is 0 Å². The molecule has 2 nitrogen and oxygen atoms in total. The van der Waals surface area contributed by atoms with Crippen LogP contribution in [0.15, 0.2) is 24.3 Å². The zero-order valence-electron chi connectivity index (χ0n) is 11.8. The number of hydrogen-bond acceptors (Lipinski definition) is 2. The van der Waals surface area contributed by atoms with Gasteiger partial charge in [-0.2, -0.15) is 13.2 Å². The van der Waals surface area contributed by atoms with E-state index in [-0.39, 0.29) is 0 Å². The van der Waals surface area contributed by atoms with Crippen LogP contribution in [0.25, 0.3) is 11.1 Å². The second-order valence-electron chi connectivity index (χ2n) is 4.57. The van der Waals surface area contributed by atoms with Gasteiger partial charge in [-0.15, -0.1) is 0 Å². The molecule has 128 valence electrons. The van der Waals surface area contributed by atoms with Gasteiger partial charge in [0.1, 0.15) is 5.56 Å². The van der Waals surface area contributed by atoms with E-state index in [1.54, 1.807) is 0 Å². The largest absolute Gasteiger partial charge is 0.465 e. The molecule has 0 bridgehead atoms. The average molecular weight is 352 g/mol. The van der Waals surface area contributed by atoms with Crippen molar-refractivity contribution in [1.82, 2.24) is 0 Å². The minimum Gasteiger partial charge on any atom is -0.465 e. The summed E-state index contributed by atoms with van der Waals surface area (Å²) in [6.07, 6.45) is -4.69. The van der Waals surface area contributed by atoms with Gasteiger partial charge < -0.3 is 4.74 Å². The molecule has 0 aliphatic heterocycles. The van der Waals surface area contributed by atoms with Crippen LogP contribution in [0.4, 0.5) is 30.7 Å². The number of esters is 1. The Morgan fingerprint density at radius 1 is 0.875 bits per heavy atom. The normalized spacial score (nSPS) is 11.5. The summed E-state index contributed by atoms with van der Waals surface area (Å²) in [5, 5.41) is 0. The third-order valence-electron chi connectivity index (χ3n) is 3.15. The Labute approximate surface area is 130 Å². The third kappa shape index (κ3) is 2.93. The minimum absolute atomic E-state index is 0.498. The highest BCUT2D eigenvalue weighted by Crippen LogP contribution is 2.35. The van der Waals surface area contributed by atoms with Crippen LogP contribution in [-0.2, 0) is 10.9 Å². The summed E-state index contributed by atoms with van der Waals surface area (Å²) in [5.41, 5.74) is -4.44. The summed E-state index contributed by atoms with van der Waals surface area (Å²) in [6.45, 7) is 0. The smallest absolute Gasteiger partial charge is 0.416 e. The molecule has 2 rings (SSSR count). The molecule has 0 radical (unpaired) electrons. The first kappa shape index (κ1) is 17.8. The molecule has 0 unspecified atom stereocenters. The minimum atomic E-state index is -4.69. The van der Waals surface area contributed by atoms with Gasteiger partial charge in [0, 0.05) is 0 Å². The van der Waals surface area contributed by atoms with Gasteiger partial charge in [0.15, 0.2) is 23.3 Å². The van der Waals surface area contributed by atoms with Crippen molar-refractivity contribution in [1.29, 1.82) is 0 Å². The lowest BCUT2D eigenvalue weighted by molar-refractivity contribution is -0.137. The summed E-state index contributed by atoms with van der Waals surface area (Å²) in [7, 11) is 0.751. The van der Waals surface area contributed by atoms with Gasteiger partial charge in [0.25, 0.3) is 0 Å². The van der Waals surface area contributed by atoms with Gasteiger partial charge in [0.05, 0.1) is 18.2 Å². The van der Waals surface area contributed by atoms with Crippen LogP contribution >= 0.6 is 0 Å². The fraction of sp³-hybridized carbons (Fsp3) is 0.133. The molecule has 0 atom stereocenters. The number of methoxy groups -OCH3 is 1. The predicted octanol–water partition coefficient (Wildman–Crippen LogP) is 4.72. The van der Waals surface area contributed by atoms with Crippen molar-refractivity contribution in [3.63, 3.8) is 0 Å². The Balaban J connectivity index is 2.66. The van der Waals surface area contributed by atoms with Gasteiger partial charge in [-0.05, 0) is 17.7 Å². The Kier molecular flexibility index (Phi) is 4.54. The third-order valence-corrected chi connectivity index (χ3v) is 3.15. The molecular weight excluding hydrogens is 345 g/mol. The summed E-state index contributed by atoms with van der Waals surface area (Å²) < 4.78 is 97.1. The van der Waals surface area contributed by atoms with Gasteiger partial charge in [-0.25, -0.2) is 22.4 Å². The van der Waals surface area contributed by atoms with E-state index < -0.39 is 57.7 Å². The Morgan fingerprint density at radius 2 is 1.33 bits per heavy atom. The van der Waals surface area contributed by atoms with Crippen molar-refractivity contribution in [2.24, 2.45) is 0 Å². The second kappa shape index (κ2) is 6.14. The zero-order chi connectivity index (χ0) is 18.2. The van der Waals surface area contributed by atoms with Gasteiger partial charge >= 0.3 is 12.1 Å². The molecule has 0 N–H and O–H groups in total. The summed E-state index contributed by atoms with van der Waals surface area (Å²) in [5.74, 6) is -9.49. The van der Waals surface area contributed by atoms with Crippen molar-refractivity contribution < 1.29 is 40.3 Å². The fourth-order valence-corrected chi connectivity index (χ4v) is 1.99. The fourth-order valence-electron chi connectivity index (χ4n) is 1.99. The first-order valence-electron chi connectivity index (χ1n) is 6.21. The number of ether oxygens (including phenoxy) is 1. The maximum atomic E-state index is 14.0. The standard InChI is InChI=1S/C15H7F7O2/c1-24-14(23)9-12(18)10(16)8(11(17)13(9)19)6-2-4-7(5-3-6)15(20,21)22/h2-5H,1H3. The van der Waals surface area contributed by atoms with Crippen LogP contribution in [0.1, 0.15) is 15.9 Å². The van der Waals surface area contributed by atoms with Crippen molar-refractivity contribution in [3.8, 4) is 11.1 Å². The zero-order valence-corrected chi connectivity index (χ0v) is 11.8. The molecule has 0 amide bonds.